The number of hydrogen-bond acceptors (Lipinski definition) is 2. The van der Waals surface area contributed by atoms with Crippen molar-refractivity contribution in [1.82, 2.24) is 5.32 Å². The average Bonchev–Trinajstić information content (AvgIpc) is 2.70. The summed E-state index contributed by atoms with van der Waals surface area (Å²) >= 11 is 0. The standard InChI is InChI=1S/C13H15NO2/c1-3-12-11(8-13(15)14-12)9-4-6-10(16-2)7-5-9/h3-7,11-12H,1,8H2,2H3,(H,14,15). The Kier molecular flexibility index (Phi) is 2.95. The number of hydrogen-bond donors (Lipinski definition) is 1. The molecule has 1 fully saturated rings. The lowest BCUT2D eigenvalue weighted by atomic mass is 9.92. The first-order valence-corrected chi connectivity index (χ1v) is 5.30. The van der Waals surface area contributed by atoms with Crippen LogP contribution in [0.25, 0.3) is 0 Å². The van der Waals surface area contributed by atoms with Crippen molar-refractivity contribution in [2.75, 3.05) is 7.11 Å². The number of nitrogens with one attached hydrogen (secondary N) is 1. The lowest BCUT2D eigenvalue weighted by molar-refractivity contribution is -0.119. The van der Waals surface area contributed by atoms with Crippen molar-refractivity contribution in [1.29, 1.82) is 0 Å². The molecule has 0 aromatic heterocycles. The number of methoxy groups -OCH3 is 1. The lowest BCUT2D eigenvalue weighted by Crippen LogP contribution is -2.25. The van der Waals surface area contributed by atoms with Gasteiger partial charge in [-0.3, -0.25) is 4.79 Å². The molecule has 1 aliphatic rings. The number of amides is 1. The Labute approximate surface area is 95.1 Å². The molecule has 1 saturated heterocycles. The van der Waals surface area contributed by atoms with Crippen LogP contribution in [-0.2, 0) is 4.79 Å². The number of benzene rings is 1. The summed E-state index contributed by atoms with van der Waals surface area (Å²) in [6.45, 7) is 3.75. The van der Waals surface area contributed by atoms with Gasteiger partial charge in [0.05, 0.1) is 13.2 Å². The molecule has 84 valence electrons. The maximum atomic E-state index is 11.3. The molecular weight excluding hydrogens is 202 g/mol. The van der Waals surface area contributed by atoms with E-state index in [0.717, 1.165) is 11.3 Å². The molecule has 0 spiro atoms. The monoisotopic (exact) mass is 217 g/mol. The molecule has 1 aromatic rings. The maximum absolute atomic E-state index is 11.3. The predicted octanol–water partition coefficient (Wildman–Crippen LogP) is 1.85. The summed E-state index contributed by atoms with van der Waals surface area (Å²) in [5, 5.41) is 2.89. The fraction of sp³-hybridized carbons (Fsp3) is 0.308. The van der Waals surface area contributed by atoms with Crippen LogP contribution in [0.5, 0.6) is 5.75 Å². The fourth-order valence-corrected chi connectivity index (χ4v) is 2.07. The van der Waals surface area contributed by atoms with E-state index in [9.17, 15) is 4.79 Å². The molecule has 2 unspecified atom stereocenters. The summed E-state index contributed by atoms with van der Waals surface area (Å²) in [6, 6.07) is 7.87. The second kappa shape index (κ2) is 4.39. The molecular formula is C13H15NO2. The Morgan fingerprint density at radius 1 is 1.44 bits per heavy atom. The summed E-state index contributed by atoms with van der Waals surface area (Å²) in [6.07, 6.45) is 2.32. The van der Waals surface area contributed by atoms with E-state index < -0.39 is 0 Å². The molecule has 1 aromatic carbocycles. The van der Waals surface area contributed by atoms with Crippen LogP contribution >= 0.6 is 0 Å². The molecule has 16 heavy (non-hydrogen) atoms. The van der Waals surface area contributed by atoms with Gasteiger partial charge >= 0.3 is 0 Å². The summed E-state index contributed by atoms with van der Waals surface area (Å²) in [7, 11) is 1.64. The van der Waals surface area contributed by atoms with Crippen molar-refractivity contribution < 1.29 is 9.53 Å². The third kappa shape index (κ3) is 1.94. The molecule has 2 rings (SSSR count). The molecule has 0 bridgehead atoms. The molecule has 1 heterocycles. The Hall–Kier alpha value is -1.77. The molecule has 0 radical (unpaired) electrons. The van der Waals surface area contributed by atoms with Crippen molar-refractivity contribution in [3.8, 4) is 5.75 Å². The molecule has 2 atom stereocenters. The van der Waals surface area contributed by atoms with Crippen molar-refractivity contribution in [3.63, 3.8) is 0 Å². The number of rotatable bonds is 3. The first-order valence-electron chi connectivity index (χ1n) is 5.30. The van der Waals surface area contributed by atoms with Crippen LogP contribution in [0.15, 0.2) is 36.9 Å². The van der Waals surface area contributed by atoms with E-state index in [0.29, 0.717) is 6.42 Å². The van der Waals surface area contributed by atoms with Gasteiger partial charge < -0.3 is 10.1 Å². The Morgan fingerprint density at radius 2 is 2.12 bits per heavy atom. The van der Waals surface area contributed by atoms with E-state index in [4.69, 9.17) is 4.74 Å². The van der Waals surface area contributed by atoms with Gasteiger partial charge in [0.15, 0.2) is 0 Å². The largest absolute Gasteiger partial charge is 0.497 e. The van der Waals surface area contributed by atoms with Gasteiger partial charge in [0.25, 0.3) is 0 Å². The smallest absolute Gasteiger partial charge is 0.221 e. The van der Waals surface area contributed by atoms with E-state index in [1.165, 1.54) is 0 Å². The zero-order chi connectivity index (χ0) is 11.5. The topological polar surface area (TPSA) is 38.3 Å². The second-order valence-corrected chi connectivity index (χ2v) is 3.91. The number of carbonyl (C=O) groups is 1. The van der Waals surface area contributed by atoms with Gasteiger partial charge in [-0.1, -0.05) is 18.2 Å². The van der Waals surface area contributed by atoms with Gasteiger partial charge in [-0.15, -0.1) is 6.58 Å². The van der Waals surface area contributed by atoms with Gasteiger partial charge in [-0.2, -0.15) is 0 Å². The van der Waals surface area contributed by atoms with Gasteiger partial charge in [0.1, 0.15) is 5.75 Å². The van der Waals surface area contributed by atoms with E-state index in [1.807, 2.05) is 24.3 Å². The highest BCUT2D eigenvalue weighted by Gasteiger charge is 2.31. The zero-order valence-corrected chi connectivity index (χ0v) is 9.27. The van der Waals surface area contributed by atoms with E-state index >= 15 is 0 Å². The van der Waals surface area contributed by atoms with Crippen molar-refractivity contribution in [2.24, 2.45) is 0 Å². The Bertz CT molecular complexity index is 397. The Balaban J connectivity index is 2.22. The van der Waals surface area contributed by atoms with Crippen LogP contribution in [0.1, 0.15) is 17.9 Å². The highest BCUT2D eigenvalue weighted by molar-refractivity contribution is 5.80. The first kappa shape index (κ1) is 10.7. The SMILES string of the molecule is C=CC1NC(=O)CC1c1ccc(OC)cc1. The minimum Gasteiger partial charge on any atom is -0.497 e. The number of ether oxygens (including phenoxy) is 1. The van der Waals surface area contributed by atoms with Crippen LogP contribution < -0.4 is 10.1 Å². The van der Waals surface area contributed by atoms with Crippen molar-refractivity contribution in [2.45, 2.75) is 18.4 Å². The predicted molar refractivity (Wildman–Crippen MR) is 62.5 cm³/mol. The summed E-state index contributed by atoms with van der Waals surface area (Å²) in [4.78, 5) is 11.3. The fourth-order valence-electron chi connectivity index (χ4n) is 2.07. The molecule has 0 saturated carbocycles. The summed E-state index contributed by atoms with van der Waals surface area (Å²) in [5.74, 6) is 1.11. The molecule has 3 heteroatoms. The first-order chi connectivity index (χ1) is 7.74. The van der Waals surface area contributed by atoms with Gasteiger partial charge in [0, 0.05) is 12.3 Å². The highest BCUT2D eigenvalue weighted by atomic mass is 16.5. The van der Waals surface area contributed by atoms with Crippen LogP contribution in [-0.4, -0.2) is 19.1 Å². The van der Waals surface area contributed by atoms with Gasteiger partial charge in [-0.05, 0) is 17.7 Å². The highest BCUT2D eigenvalue weighted by Crippen LogP contribution is 2.29. The van der Waals surface area contributed by atoms with Crippen molar-refractivity contribution in [3.05, 3.63) is 42.5 Å². The Morgan fingerprint density at radius 3 is 2.69 bits per heavy atom. The second-order valence-electron chi connectivity index (χ2n) is 3.91. The maximum Gasteiger partial charge on any atom is 0.221 e. The van der Waals surface area contributed by atoms with Crippen LogP contribution in [0, 0.1) is 0 Å². The van der Waals surface area contributed by atoms with Gasteiger partial charge in [0.2, 0.25) is 5.91 Å². The normalized spacial score (nSPS) is 23.9. The van der Waals surface area contributed by atoms with Crippen molar-refractivity contribution >= 4 is 5.91 Å². The molecule has 1 N–H and O–H groups in total. The number of carbonyl (C=O) groups excluding carboxylic acids is 1. The molecule has 1 aliphatic heterocycles. The zero-order valence-electron chi connectivity index (χ0n) is 9.27. The van der Waals surface area contributed by atoms with Gasteiger partial charge in [-0.25, -0.2) is 0 Å². The summed E-state index contributed by atoms with van der Waals surface area (Å²) < 4.78 is 5.10. The third-order valence-electron chi connectivity index (χ3n) is 2.96. The summed E-state index contributed by atoms with van der Waals surface area (Å²) in [5.41, 5.74) is 1.14. The quantitative estimate of drug-likeness (QED) is 0.785. The van der Waals surface area contributed by atoms with E-state index in [1.54, 1.807) is 13.2 Å². The van der Waals surface area contributed by atoms with Crippen LogP contribution in [0.2, 0.25) is 0 Å². The minimum atomic E-state index is 0.0425. The average molecular weight is 217 g/mol. The lowest BCUT2D eigenvalue weighted by Gasteiger charge is -2.15. The van der Waals surface area contributed by atoms with E-state index in [2.05, 4.69) is 11.9 Å². The molecule has 0 aliphatic carbocycles. The van der Waals surface area contributed by atoms with Crippen LogP contribution in [0.4, 0.5) is 0 Å². The molecule has 3 nitrogen and oxygen atoms in total. The van der Waals surface area contributed by atoms with Crippen LogP contribution in [0.3, 0.4) is 0 Å². The third-order valence-corrected chi connectivity index (χ3v) is 2.96. The van der Waals surface area contributed by atoms with E-state index in [-0.39, 0.29) is 17.9 Å². The minimum absolute atomic E-state index is 0.0425. The molecule has 1 amide bonds.